The van der Waals surface area contributed by atoms with Gasteiger partial charge in [-0.2, -0.15) is 0 Å². The molecule has 0 unspecified atom stereocenters. The lowest BCUT2D eigenvalue weighted by Crippen LogP contribution is -2.47. The molecule has 5 heteroatoms. The Hall–Kier alpha value is -0.650. The van der Waals surface area contributed by atoms with Gasteiger partial charge in [-0.05, 0) is 25.7 Å². The molecule has 19 heavy (non-hydrogen) atoms. The van der Waals surface area contributed by atoms with Gasteiger partial charge in [-0.3, -0.25) is 4.90 Å². The van der Waals surface area contributed by atoms with Gasteiger partial charge >= 0.3 is 0 Å². The molecule has 3 aliphatic rings. The van der Waals surface area contributed by atoms with Crippen LogP contribution >= 0.6 is 11.3 Å². The predicted molar refractivity (Wildman–Crippen MR) is 78.8 cm³/mol. The Kier molecular flexibility index (Phi) is 3.01. The lowest BCUT2D eigenvalue weighted by Gasteiger charge is -2.34. The second kappa shape index (κ2) is 4.72. The molecule has 1 aliphatic heterocycles. The maximum atomic E-state index is 5.87. The summed E-state index contributed by atoms with van der Waals surface area (Å²) in [5.41, 5.74) is 7.18. The van der Waals surface area contributed by atoms with Gasteiger partial charge in [-0.1, -0.05) is 0 Å². The number of aromatic nitrogens is 1. The van der Waals surface area contributed by atoms with Gasteiger partial charge in [-0.15, -0.1) is 11.3 Å². The van der Waals surface area contributed by atoms with Crippen LogP contribution < -0.4 is 10.6 Å². The Morgan fingerprint density at radius 1 is 1.11 bits per heavy atom. The summed E-state index contributed by atoms with van der Waals surface area (Å²) in [7, 11) is 0. The highest BCUT2D eigenvalue weighted by Crippen LogP contribution is 2.44. The molecule has 0 spiro atoms. The number of rotatable bonds is 4. The topological polar surface area (TPSA) is 45.4 Å². The maximum Gasteiger partial charge on any atom is 0.185 e. The fourth-order valence-electron chi connectivity index (χ4n) is 3.03. The van der Waals surface area contributed by atoms with E-state index in [1.54, 1.807) is 0 Å². The summed E-state index contributed by atoms with van der Waals surface area (Å²) in [6, 6.07) is 0.903. The smallest absolute Gasteiger partial charge is 0.185 e. The normalized spacial score (nSPS) is 25.0. The van der Waals surface area contributed by atoms with E-state index in [4.69, 9.17) is 10.7 Å². The molecule has 104 valence electrons. The molecule has 1 aromatic heterocycles. The van der Waals surface area contributed by atoms with E-state index >= 15 is 0 Å². The van der Waals surface area contributed by atoms with E-state index in [0.717, 1.165) is 25.0 Å². The molecular formula is C14H22N4S. The first kappa shape index (κ1) is 12.1. The van der Waals surface area contributed by atoms with Gasteiger partial charge in [0.2, 0.25) is 0 Å². The van der Waals surface area contributed by atoms with Crippen molar-refractivity contribution >= 4 is 16.5 Å². The molecule has 2 N–H and O–H groups in total. The van der Waals surface area contributed by atoms with Gasteiger partial charge in [0.15, 0.2) is 5.13 Å². The summed E-state index contributed by atoms with van der Waals surface area (Å²) in [6.07, 6.45) is 5.46. The molecular weight excluding hydrogens is 256 g/mol. The zero-order valence-electron chi connectivity index (χ0n) is 11.3. The molecule has 0 bridgehead atoms. The predicted octanol–water partition coefficient (Wildman–Crippen LogP) is 1.76. The molecule has 0 aromatic carbocycles. The fourth-order valence-corrected chi connectivity index (χ4v) is 4.10. The number of thiazole rings is 1. The highest BCUT2D eigenvalue weighted by Gasteiger charge is 2.33. The van der Waals surface area contributed by atoms with Crippen LogP contribution in [0.15, 0.2) is 0 Å². The summed E-state index contributed by atoms with van der Waals surface area (Å²) >= 11 is 1.83. The Balaban J connectivity index is 1.46. The summed E-state index contributed by atoms with van der Waals surface area (Å²) in [5.74, 6) is 0.719. The SMILES string of the molecule is NCc1sc(N2CCN(C3CC3)CC2)nc1C1CC1. The minimum atomic E-state index is 0.658. The highest BCUT2D eigenvalue weighted by molar-refractivity contribution is 7.15. The second-order valence-electron chi connectivity index (χ2n) is 6.04. The average Bonchev–Trinajstić information content (AvgIpc) is 3.36. The molecule has 2 aliphatic carbocycles. The molecule has 3 fully saturated rings. The molecule has 1 saturated heterocycles. The van der Waals surface area contributed by atoms with Crippen LogP contribution in [0.1, 0.15) is 42.2 Å². The van der Waals surface area contributed by atoms with Gasteiger partial charge in [0.05, 0.1) is 5.69 Å². The Morgan fingerprint density at radius 2 is 1.84 bits per heavy atom. The van der Waals surface area contributed by atoms with Crippen molar-refractivity contribution in [3.63, 3.8) is 0 Å². The van der Waals surface area contributed by atoms with Crippen molar-refractivity contribution in [2.75, 3.05) is 31.1 Å². The quantitative estimate of drug-likeness (QED) is 0.911. The van der Waals surface area contributed by atoms with Crippen molar-refractivity contribution < 1.29 is 0 Å². The molecule has 0 atom stereocenters. The zero-order chi connectivity index (χ0) is 12.8. The first-order valence-electron chi connectivity index (χ1n) is 7.54. The number of hydrogen-bond acceptors (Lipinski definition) is 5. The van der Waals surface area contributed by atoms with E-state index in [2.05, 4.69) is 9.80 Å². The molecule has 0 amide bonds. The van der Waals surface area contributed by atoms with E-state index in [1.807, 2.05) is 11.3 Å². The Labute approximate surface area is 118 Å². The number of nitrogens with zero attached hydrogens (tertiary/aromatic N) is 3. The van der Waals surface area contributed by atoms with E-state index in [9.17, 15) is 0 Å². The minimum Gasteiger partial charge on any atom is -0.346 e. The van der Waals surface area contributed by atoms with E-state index in [0.29, 0.717) is 6.54 Å². The number of hydrogen-bond donors (Lipinski definition) is 1. The van der Waals surface area contributed by atoms with Crippen molar-refractivity contribution in [1.29, 1.82) is 0 Å². The van der Waals surface area contributed by atoms with Crippen LogP contribution in [0.25, 0.3) is 0 Å². The van der Waals surface area contributed by atoms with Crippen molar-refractivity contribution in [2.45, 2.75) is 44.2 Å². The first-order chi connectivity index (χ1) is 9.35. The number of piperazine rings is 1. The van der Waals surface area contributed by atoms with Crippen LogP contribution in [0.2, 0.25) is 0 Å². The van der Waals surface area contributed by atoms with Gasteiger partial charge in [0, 0.05) is 49.6 Å². The van der Waals surface area contributed by atoms with Gasteiger partial charge in [-0.25, -0.2) is 4.98 Å². The maximum absolute atomic E-state index is 5.87. The van der Waals surface area contributed by atoms with Crippen LogP contribution in [-0.4, -0.2) is 42.1 Å². The van der Waals surface area contributed by atoms with Crippen LogP contribution in [0.5, 0.6) is 0 Å². The van der Waals surface area contributed by atoms with Gasteiger partial charge in [0.25, 0.3) is 0 Å². The Bertz CT molecular complexity index is 456. The average molecular weight is 278 g/mol. The van der Waals surface area contributed by atoms with Crippen LogP contribution in [-0.2, 0) is 6.54 Å². The first-order valence-corrected chi connectivity index (χ1v) is 8.35. The van der Waals surface area contributed by atoms with Gasteiger partial charge in [0.1, 0.15) is 0 Å². The van der Waals surface area contributed by atoms with Crippen molar-refractivity contribution in [2.24, 2.45) is 5.73 Å². The summed E-state index contributed by atoms with van der Waals surface area (Å²) in [5, 5.41) is 1.22. The third-order valence-corrected chi connectivity index (χ3v) is 5.67. The second-order valence-corrected chi connectivity index (χ2v) is 7.10. The fraction of sp³-hybridized carbons (Fsp3) is 0.786. The third-order valence-electron chi connectivity index (χ3n) is 4.51. The monoisotopic (exact) mass is 278 g/mol. The number of nitrogens with two attached hydrogens (primary N) is 1. The molecule has 4 rings (SSSR count). The summed E-state index contributed by atoms with van der Waals surface area (Å²) in [6.45, 7) is 5.35. The summed E-state index contributed by atoms with van der Waals surface area (Å²) in [4.78, 5) is 11.3. The molecule has 2 saturated carbocycles. The van der Waals surface area contributed by atoms with E-state index in [1.165, 1.54) is 54.5 Å². The van der Waals surface area contributed by atoms with Crippen molar-refractivity contribution in [3.8, 4) is 0 Å². The largest absolute Gasteiger partial charge is 0.346 e. The number of anilines is 1. The summed E-state index contributed by atoms with van der Waals surface area (Å²) < 4.78 is 0. The van der Waals surface area contributed by atoms with Crippen LogP contribution in [0.4, 0.5) is 5.13 Å². The molecule has 1 aromatic rings. The Morgan fingerprint density at radius 3 is 2.42 bits per heavy atom. The zero-order valence-corrected chi connectivity index (χ0v) is 12.2. The van der Waals surface area contributed by atoms with Crippen molar-refractivity contribution in [1.82, 2.24) is 9.88 Å². The molecule has 4 nitrogen and oxygen atoms in total. The third kappa shape index (κ3) is 2.39. The molecule has 2 heterocycles. The lowest BCUT2D eigenvalue weighted by atomic mass is 10.2. The van der Waals surface area contributed by atoms with E-state index < -0.39 is 0 Å². The minimum absolute atomic E-state index is 0.658. The van der Waals surface area contributed by atoms with Crippen LogP contribution in [0, 0.1) is 0 Å². The lowest BCUT2D eigenvalue weighted by molar-refractivity contribution is 0.248. The van der Waals surface area contributed by atoms with E-state index in [-0.39, 0.29) is 0 Å². The van der Waals surface area contributed by atoms with Crippen molar-refractivity contribution in [3.05, 3.63) is 10.6 Å². The van der Waals surface area contributed by atoms with Crippen LogP contribution in [0.3, 0.4) is 0 Å². The standard InChI is InChI=1S/C14H22N4S/c15-9-12-13(10-1-2-10)16-14(19-12)18-7-5-17(6-8-18)11-3-4-11/h10-11H,1-9,15H2. The van der Waals surface area contributed by atoms with Gasteiger partial charge < -0.3 is 10.6 Å². The molecule has 0 radical (unpaired) electrons. The highest BCUT2D eigenvalue weighted by atomic mass is 32.1.